The highest BCUT2D eigenvalue weighted by molar-refractivity contribution is 7.89. The van der Waals surface area contributed by atoms with Crippen LogP contribution in [-0.2, 0) is 20.0 Å². The van der Waals surface area contributed by atoms with Crippen LogP contribution in [0.5, 0.6) is 5.75 Å². The van der Waals surface area contributed by atoms with Crippen LogP contribution in [0, 0.1) is 10.1 Å². The van der Waals surface area contributed by atoms with Crippen LogP contribution in [0.1, 0.15) is 13.8 Å². The summed E-state index contributed by atoms with van der Waals surface area (Å²) in [5.74, 6) is 0.466. The molecule has 0 N–H and O–H groups in total. The summed E-state index contributed by atoms with van der Waals surface area (Å²) >= 11 is 5.81. The van der Waals surface area contributed by atoms with Gasteiger partial charge in [-0.05, 0) is 30.3 Å². The number of ether oxygens (including phenoxy) is 1. The fraction of sp³-hybridized carbons (Fsp3) is 0.429. The van der Waals surface area contributed by atoms with Crippen molar-refractivity contribution in [2.75, 3.05) is 51.3 Å². The van der Waals surface area contributed by atoms with Gasteiger partial charge in [0.15, 0.2) is 0 Å². The molecule has 192 valence electrons. The number of nitro benzene ring substituents is 1. The van der Waals surface area contributed by atoms with E-state index in [9.17, 15) is 26.9 Å². The maximum atomic E-state index is 13.1. The van der Waals surface area contributed by atoms with Crippen LogP contribution in [0.3, 0.4) is 0 Å². The fourth-order valence-corrected chi connectivity index (χ4v) is 7.01. The van der Waals surface area contributed by atoms with Gasteiger partial charge in [-0.2, -0.15) is 8.61 Å². The number of anilines is 1. The van der Waals surface area contributed by atoms with Crippen LogP contribution in [0.15, 0.2) is 46.2 Å². The lowest BCUT2D eigenvalue weighted by molar-refractivity contribution is -0.384. The first-order valence-electron chi connectivity index (χ1n) is 10.8. The Hall–Kier alpha value is -2.45. The van der Waals surface area contributed by atoms with Crippen LogP contribution in [0.25, 0.3) is 0 Å². The maximum Gasteiger partial charge on any atom is 0.289 e. The van der Waals surface area contributed by atoms with Gasteiger partial charge in [0.2, 0.25) is 20.0 Å². The van der Waals surface area contributed by atoms with E-state index in [1.165, 1.54) is 33.9 Å². The van der Waals surface area contributed by atoms with Crippen molar-refractivity contribution in [3.05, 3.63) is 51.5 Å². The molecule has 0 aliphatic carbocycles. The third-order valence-corrected chi connectivity index (χ3v) is 10.1. The van der Waals surface area contributed by atoms with E-state index in [1.807, 2.05) is 4.90 Å². The number of hydrogen-bond donors (Lipinski definition) is 0. The van der Waals surface area contributed by atoms with Crippen LogP contribution in [-0.4, -0.2) is 76.7 Å². The van der Waals surface area contributed by atoms with Crippen molar-refractivity contribution in [3.63, 3.8) is 0 Å². The standard InChI is InChI=1S/C21H27ClN4O7S2/c1-4-24(5-2)34(29,30)17-7-9-21(33-3)20(15-17)23-10-12-25(13-11-23)35(31,32)16-6-8-18(22)19(14-16)26(27)28/h6-9,14-15H,4-5,10-13H2,1-3H3. The van der Waals surface area contributed by atoms with Gasteiger partial charge >= 0.3 is 0 Å². The molecular weight excluding hydrogens is 520 g/mol. The average Bonchev–Trinajstić information content (AvgIpc) is 2.84. The van der Waals surface area contributed by atoms with Crippen LogP contribution < -0.4 is 9.64 Å². The lowest BCUT2D eigenvalue weighted by Gasteiger charge is -2.36. The lowest BCUT2D eigenvalue weighted by atomic mass is 10.2. The zero-order chi connectivity index (χ0) is 26.0. The van der Waals surface area contributed by atoms with Gasteiger partial charge in [-0.3, -0.25) is 10.1 Å². The molecule has 1 aliphatic heterocycles. The monoisotopic (exact) mass is 546 g/mol. The summed E-state index contributed by atoms with van der Waals surface area (Å²) in [6, 6.07) is 8.00. The summed E-state index contributed by atoms with van der Waals surface area (Å²) < 4.78 is 60.2. The molecule has 0 saturated carbocycles. The van der Waals surface area contributed by atoms with Crippen molar-refractivity contribution in [3.8, 4) is 5.75 Å². The Kier molecular flexibility index (Phi) is 8.27. The minimum absolute atomic E-state index is 0.0922. The normalized spacial score (nSPS) is 15.4. The molecule has 14 heteroatoms. The molecule has 1 aliphatic rings. The average molecular weight is 547 g/mol. The highest BCUT2D eigenvalue weighted by atomic mass is 35.5. The quantitative estimate of drug-likeness (QED) is 0.346. The van der Waals surface area contributed by atoms with Gasteiger partial charge < -0.3 is 9.64 Å². The van der Waals surface area contributed by atoms with Crippen molar-refractivity contribution in [1.29, 1.82) is 0 Å². The smallest absolute Gasteiger partial charge is 0.289 e. The molecule has 11 nitrogen and oxygen atoms in total. The minimum atomic E-state index is -4.00. The van der Waals surface area contributed by atoms with Gasteiger partial charge in [-0.15, -0.1) is 0 Å². The van der Waals surface area contributed by atoms with Gasteiger partial charge in [0.25, 0.3) is 5.69 Å². The van der Waals surface area contributed by atoms with Crippen molar-refractivity contribution >= 4 is 43.0 Å². The maximum absolute atomic E-state index is 13.1. The second-order valence-electron chi connectivity index (χ2n) is 7.68. The zero-order valence-corrected chi connectivity index (χ0v) is 21.9. The molecular formula is C21H27ClN4O7S2. The number of rotatable bonds is 9. The first-order valence-corrected chi connectivity index (χ1v) is 14.1. The number of methoxy groups -OCH3 is 1. The Labute approximate surface area is 210 Å². The number of piperazine rings is 1. The van der Waals surface area contributed by atoms with Gasteiger partial charge in [0.1, 0.15) is 10.8 Å². The van der Waals surface area contributed by atoms with E-state index in [0.717, 1.165) is 6.07 Å². The number of sulfonamides is 2. The topological polar surface area (TPSA) is 130 Å². The summed E-state index contributed by atoms with van der Waals surface area (Å²) in [4.78, 5) is 12.2. The fourth-order valence-electron chi connectivity index (χ4n) is 3.90. The first kappa shape index (κ1) is 27.1. The molecule has 1 fully saturated rings. The van der Waals surface area contributed by atoms with E-state index < -0.39 is 30.7 Å². The summed E-state index contributed by atoms with van der Waals surface area (Å²) in [6.45, 7) is 4.91. The molecule has 3 rings (SSSR count). The van der Waals surface area contributed by atoms with Gasteiger partial charge in [0.05, 0.1) is 27.5 Å². The Balaban J connectivity index is 1.86. The molecule has 0 radical (unpaired) electrons. The summed E-state index contributed by atoms with van der Waals surface area (Å²) in [5.41, 5.74) is 0.0576. The number of hydrogen-bond acceptors (Lipinski definition) is 8. The molecule has 0 unspecified atom stereocenters. The molecule has 0 spiro atoms. The van der Waals surface area contributed by atoms with Gasteiger partial charge in [-0.25, -0.2) is 16.8 Å². The van der Waals surface area contributed by atoms with Crippen LogP contribution in [0.4, 0.5) is 11.4 Å². The Bertz CT molecular complexity index is 1310. The van der Waals surface area contributed by atoms with Crippen molar-refractivity contribution in [1.82, 2.24) is 8.61 Å². The van der Waals surface area contributed by atoms with E-state index >= 15 is 0 Å². The Morgan fingerprint density at radius 1 is 1.00 bits per heavy atom. The summed E-state index contributed by atoms with van der Waals surface area (Å²) in [5, 5.41) is 11.0. The SMILES string of the molecule is CCN(CC)S(=O)(=O)c1ccc(OC)c(N2CCN(S(=O)(=O)c3ccc(Cl)c([N+](=O)[O-])c3)CC2)c1. The highest BCUT2D eigenvalue weighted by Gasteiger charge is 2.32. The molecule has 1 saturated heterocycles. The largest absolute Gasteiger partial charge is 0.495 e. The molecule has 2 aromatic carbocycles. The Morgan fingerprint density at radius 2 is 1.60 bits per heavy atom. The number of benzene rings is 2. The van der Waals surface area contributed by atoms with E-state index in [4.69, 9.17) is 16.3 Å². The van der Waals surface area contributed by atoms with Crippen molar-refractivity contribution in [2.45, 2.75) is 23.6 Å². The molecule has 0 atom stereocenters. The number of nitrogens with zero attached hydrogens (tertiary/aromatic N) is 4. The highest BCUT2D eigenvalue weighted by Crippen LogP contribution is 2.34. The summed E-state index contributed by atoms with van der Waals surface area (Å²) in [6.07, 6.45) is 0. The third-order valence-electron chi connectivity index (χ3n) is 5.82. The van der Waals surface area contributed by atoms with Gasteiger partial charge in [-0.1, -0.05) is 25.4 Å². The second-order valence-corrected chi connectivity index (χ2v) is 12.0. The second kappa shape index (κ2) is 10.7. The molecule has 35 heavy (non-hydrogen) atoms. The summed E-state index contributed by atoms with van der Waals surface area (Å²) in [7, 11) is -6.21. The van der Waals surface area contributed by atoms with E-state index in [2.05, 4.69) is 0 Å². The zero-order valence-electron chi connectivity index (χ0n) is 19.5. The minimum Gasteiger partial charge on any atom is -0.495 e. The van der Waals surface area contributed by atoms with Crippen LogP contribution >= 0.6 is 11.6 Å². The van der Waals surface area contributed by atoms with Gasteiger partial charge in [0, 0.05) is 45.3 Å². The molecule has 0 bridgehead atoms. The van der Waals surface area contributed by atoms with Crippen LogP contribution in [0.2, 0.25) is 5.02 Å². The van der Waals surface area contributed by atoms with E-state index in [0.29, 0.717) is 24.5 Å². The molecule has 1 heterocycles. The predicted molar refractivity (Wildman–Crippen MR) is 132 cm³/mol. The lowest BCUT2D eigenvalue weighted by Crippen LogP contribution is -2.48. The number of nitro groups is 1. The molecule has 2 aromatic rings. The van der Waals surface area contributed by atoms with Crippen molar-refractivity contribution < 1.29 is 26.5 Å². The molecule has 0 aromatic heterocycles. The third kappa shape index (κ3) is 5.38. The predicted octanol–water partition coefficient (Wildman–Crippen LogP) is 2.80. The first-order chi connectivity index (χ1) is 16.5. The van der Waals surface area contributed by atoms with E-state index in [1.54, 1.807) is 26.0 Å². The Morgan fingerprint density at radius 3 is 2.14 bits per heavy atom. The van der Waals surface area contributed by atoms with E-state index in [-0.39, 0.29) is 41.0 Å². The van der Waals surface area contributed by atoms with Crippen molar-refractivity contribution in [2.24, 2.45) is 0 Å². The molecule has 0 amide bonds. The number of halogens is 1.